The first kappa shape index (κ1) is 18.9. The summed E-state index contributed by atoms with van der Waals surface area (Å²) in [7, 11) is 0. The highest BCUT2D eigenvalue weighted by Gasteiger charge is 2.19. The Bertz CT molecular complexity index is 781. The molecule has 0 saturated carbocycles. The zero-order chi connectivity index (χ0) is 19.2. The number of benzene rings is 2. The Morgan fingerprint density at radius 3 is 2.30 bits per heavy atom. The Hall–Kier alpha value is -2.86. The molecular formula is C21H24N2O4. The van der Waals surface area contributed by atoms with Crippen molar-refractivity contribution in [3.63, 3.8) is 0 Å². The van der Waals surface area contributed by atoms with E-state index in [9.17, 15) is 9.59 Å². The maximum absolute atomic E-state index is 12.3. The van der Waals surface area contributed by atoms with E-state index in [1.165, 1.54) is 0 Å². The van der Waals surface area contributed by atoms with Gasteiger partial charge in [0.05, 0.1) is 18.8 Å². The van der Waals surface area contributed by atoms with Gasteiger partial charge in [-0.05, 0) is 50.2 Å². The van der Waals surface area contributed by atoms with Gasteiger partial charge in [-0.3, -0.25) is 4.79 Å². The average molecular weight is 368 g/mol. The first-order valence-corrected chi connectivity index (χ1v) is 9.04. The third kappa shape index (κ3) is 5.08. The van der Waals surface area contributed by atoms with Gasteiger partial charge in [0.15, 0.2) is 6.10 Å². The van der Waals surface area contributed by atoms with Crippen molar-refractivity contribution in [2.75, 3.05) is 36.5 Å². The number of nitrogens with one attached hydrogen (secondary N) is 1. The van der Waals surface area contributed by atoms with Gasteiger partial charge in [-0.2, -0.15) is 0 Å². The molecule has 0 spiro atoms. The van der Waals surface area contributed by atoms with Crippen LogP contribution in [0.25, 0.3) is 0 Å². The van der Waals surface area contributed by atoms with E-state index < -0.39 is 12.1 Å². The third-order valence-corrected chi connectivity index (χ3v) is 4.45. The average Bonchev–Trinajstić information content (AvgIpc) is 2.69. The molecule has 1 N–H and O–H groups in total. The van der Waals surface area contributed by atoms with E-state index in [0.29, 0.717) is 11.3 Å². The maximum atomic E-state index is 12.3. The van der Waals surface area contributed by atoms with Crippen molar-refractivity contribution in [1.82, 2.24) is 0 Å². The highest BCUT2D eigenvalue weighted by molar-refractivity contribution is 5.97. The summed E-state index contributed by atoms with van der Waals surface area (Å²) in [6.45, 7) is 6.67. The molecule has 2 aromatic carbocycles. The highest BCUT2D eigenvalue weighted by Crippen LogP contribution is 2.19. The molecule has 1 fully saturated rings. The summed E-state index contributed by atoms with van der Waals surface area (Å²) in [5.41, 5.74) is 3.23. The van der Waals surface area contributed by atoms with Crippen LogP contribution in [0.2, 0.25) is 0 Å². The fourth-order valence-corrected chi connectivity index (χ4v) is 2.79. The molecule has 6 nitrogen and oxygen atoms in total. The number of esters is 1. The molecule has 3 rings (SSSR count). The van der Waals surface area contributed by atoms with Crippen molar-refractivity contribution < 1.29 is 19.1 Å². The van der Waals surface area contributed by atoms with Gasteiger partial charge in [-0.25, -0.2) is 4.79 Å². The van der Waals surface area contributed by atoms with Crippen LogP contribution in [-0.4, -0.2) is 44.3 Å². The SMILES string of the molecule is Cc1ccc(C(=O)O[C@H](C)C(=O)Nc2ccc(N3CCOCC3)cc2)cc1. The summed E-state index contributed by atoms with van der Waals surface area (Å²) < 4.78 is 10.6. The molecule has 1 heterocycles. The zero-order valence-electron chi connectivity index (χ0n) is 15.6. The Labute approximate surface area is 159 Å². The summed E-state index contributed by atoms with van der Waals surface area (Å²) in [6, 6.07) is 14.6. The molecule has 1 saturated heterocycles. The number of morpholine rings is 1. The van der Waals surface area contributed by atoms with Gasteiger partial charge in [0.2, 0.25) is 0 Å². The number of hydrogen-bond donors (Lipinski definition) is 1. The summed E-state index contributed by atoms with van der Waals surface area (Å²) in [5.74, 6) is -0.880. The van der Waals surface area contributed by atoms with E-state index >= 15 is 0 Å². The van der Waals surface area contributed by atoms with Crippen molar-refractivity contribution in [3.8, 4) is 0 Å². The summed E-state index contributed by atoms with van der Waals surface area (Å²) in [5, 5.41) is 2.78. The standard InChI is InChI=1S/C21H24N2O4/c1-15-3-5-17(6-4-15)21(25)27-16(2)20(24)22-18-7-9-19(10-8-18)23-11-13-26-14-12-23/h3-10,16H,11-14H2,1-2H3,(H,22,24)/t16-/m1/s1. The lowest BCUT2D eigenvalue weighted by Gasteiger charge is -2.28. The molecule has 142 valence electrons. The second-order valence-corrected chi connectivity index (χ2v) is 6.55. The Kier molecular flexibility index (Phi) is 6.08. The predicted octanol–water partition coefficient (Wildman–Crippen LogP) is 3.02. The molecular weight excluding hydrogens is 344 g/mol. The molecule has 1 amide bonds. The summed E-state index contributed by atoms with van der Waals surface area (Å²) in [6.07, 6.45) is -0.891. The number of carbonyl (C=O) groups excluding carboxylic acids is 2. The smallest absolute Gasteiger partial charge is 0.338 e. The number of carbonyl (C=O) groups is 2. The van der Waals surface area contributed by atoms with Crippen molar-refractivity contribution in [2.45, 2.75) is 20.0 Å². The van der Waals surface area contributed by atoms with Crippen LogP contribution < -0.4 is 10.2 Å². The fraction of sp³-hybridized carbons (Fsp3) is 0.333. The Morgan fingerprint density at radius 1 is 1.04 bits per heavy atom. The van der Waals surface area contributed by atoms with E-state index in [4.69, 9.17) is 9.47 Å². The minimum absolute atomic E-state index is 0.366. The molecule has 0 aliphatic carbocycles. The van der Waals surface area contributed by atoms with E-state index in [1.54, 1.807) is 19.1 Å². The number of hydrogen-bond acceptors (Lipinski definition) is 5. The van der Waals surface area contributed by atoms with Gasteiger partial charge in [0.1, 0.15) is 0 Å². The Balaban J connectivity index is 1.54. The maximum Gasteiger partial charge on any atom is 0.338 e. The van der Waals surface area contributed by atoms with Gasteiger partial charge in [0.25, 0.3) is 5.91 Å². The zero-order valence-corrected chi connectivity index (χ0v) is 15.6. The summed E-state index contributed by atoms with van der Waals surface area (Å²) >= 11 is 0. The highest BCUT2D eigenvalue weighted by atomic mass is 16.5. The van der Waals surface area contributed by atoms with Crippen molar-refractivity contribution in [2.24, 2.45) is 0 Å². The molecule has 0 bridgehead atoms. The molecule has 0 radical (unpaired) electrons. The molecule has 6 heteroatoms. The third-order valence-electron chi connectivity index (χ3n) is 4.45. The fourth-order valence-electron chi connectivity index (χ4n) is 2.79. The van der Waals surface area contributed by atoms with E-state index in [0.717, 1.165) is 37.6 Å². The van der Waals surface area contributed by atoms with Gasteiger partial charge in [-0.1, -0.05) is 17.7 Å². The Morgan fingerprint density at radius 2 is 1.67 bits per heavy atom. The number of aryl methyl sites for hydroxylation is 1. The molecule has 1 aliphatic rings. The normalized spacial score (nSPS) is 15.1. The number of anilines is 2. The number of rotatable bonds is 5. The van der Waals surface area contributed by atoms with Gasteiger partial charge in [0, 0.05) is 24.5 Å². The molecule has 2 aromatic rings. The van der Waals surface area contributed by atoms with Crippen LogP contribution in [0, 0.1) is 6.92 Å². The monoisotopic (exact) mass is 368 g/mol. The molecule has 1 aliphatic heterocycles. The van der Waals surface area contributed by atoms with Gasteiger partial charge in [-0.15, -0.1) is 0 Å². The van der Waals surface area contributed by atoms with E-state index in [-0.39, 0.29) is 5.91 Å². The van der Waals surface area contributed by atoms with Crippen LogP contribution in [0.3, 0.4) is 0 Å². The van der Waals surface area contributed by atoms with Crippen LogP contribution in [-0.2, 0) is 14.3 Å². The van der Waals surface area contributed by atoms with Crippen molar-refractivity contribution in [1.29, 1.82) is 0 Å². The first-order chi connectivity index (χ1) is 13.0. The van der Waals surface area contributed by atoms with Crippen LogP contribution in [0.5, 0.6) is 0 Å². The van der Waals surface area contributed by atoms with Crippen LogP contribution in [0.4, 0.5) is 11.4 Å². The second-order valence-electron chi connectivity index (χ2n) is 6.55. The second kappa shape index (κ2) is 8.68. The van der Waals surface area contributed by atoms with Crippen molar-refractivity contribution in [3.05, 3.63) is 59.7 Å². The van der Waals surface area contributed by atoms with Crippen LogP contribution in [0.15, 0.2) is 48.5 Å². The quantitative estimate of drug-likeness (QED) is 0.822. The molecule has 0 aromatic heterocycles. The van der Waals surface area contributed by atoms with Gasteiger partial charge < -0.3 is 19.7 Å². The lowest BCUT2D eigenvalue weighted by atomic mass is 10.1. The number of nitrogens with zero attached hydrogens (tertiary/aromatic N) is 1. The minimum atomic E-state index is -0.891. The summed E-state index contributed by atoms with van der Waals surface area (Å²) in [4.78, 5) is 26.7. The van der Waals surface area contributed by atoms with Crippen LogP contribution >= 0.6 is 0 Å². The minimum Gasteiger partial charge on any atom is -0.449 e. The van der Waals surface area contributed by atoms with Crippen molar-refractivity contribution >= 4 is 23.3 Å². The van der Waals surface area contributed by atoms with Gasteiger partial charge >= 0.3 is 5.97 Å². The molecule has 1 atom stereocenters. The predicted molar refractivity (Wildman–Crippen MR) is 104 cm³/mol. The largest absolute Gasteiger partial charge is 0.449 e. The topological polar surface area (TPSA) is 67.9 Å². The number of ether oxygens (including phenoxy) is 2. The molecule has 0 unspecified atom stereocenters. The van der Waals surface area contributed by atoms with Crippen LogP contribution in [0.1, 0.15) is 22.8 Å². The van der Waals surface area contributed by atoms with E-state index in [2.05, 4.69) is 10.2 Å². The first-order valence-electron chi connectivity index (χ1n) is 9.04. The lowest BCUT2D eigenvalue weighted by Crippen LogP contribution is -2.36. The lowest BCUT2D eigenvalue weighted by molar-refractivity contribution is -0.123. The van der Waals surface area contributed by atoms with E-state index in [1.807, 2.05) is 43.3 Å². The molecule has 27 heavy (non-hydrogen) atoms. The number of amides is 1.